The first-order valence-electron chi connectivity index (χ1n) is 7.28. The van der Waals surface area contributed by atoms with Crippen molar-refractivity contribution in [3.05, 3.63) is 23.8 Å². The van der Waals surface area contributed by atoms with Crippen LogP contribution in [0.1, 0.15) is 51.9 Å². The fourth-order valence-electron chi connectivity index (χ4n) is 4.06. The van der Waals surface area contributed by atoms with Gasteiger partial charge in [0, 0.05) is 11.8 Å². The largest absolute Gasteiger partial charge is 0.369 e. The van der Waals surface area contributed by atoms with E-state index in [0.29, 0.717) is 18.1 Å². The smallest absolute Gasteiger partial charge is 0.0849 e. The number of hydrogen-bond acceptors (Lipinski definition) is 1. The first-order chi connectivity index (χ1) is 8.27. The Bertz CT molecular complexity index is 341. The highest BCUT2D eigenvalue weighted by molar-refractivity contribution is 5.24. The fraction of sp³-hybridized carbons (Fsp3) is 0.750. The minimum atomic E-state index is 0.306. The highest BCUT2D eigenvalue weighted by Gasteiger charge is 2.42. The molecule has 0 N–H and O–H groups in total. The Hall–Kier alpha value is -0.560. The topological polar surface area (TPSA) is 9.23 Å². The molecule has 0 amide bonds. The summed E-state index contributed by atoms with van der Waals surface area (Å²) in [4.78, 5) is 0. The highest BCUT2D eigenvalue weighted by Crippen LogP contribution is 2.47. The third-order valence-electron chi connectivity index (χ3n) is 4.83. The van der Waals surface area contributed by atoms with Gasteiger partial charge in [0.2, 0.25) is 0 Å². The standard InChI is InChI=1S/C16H24O/c1-11(2)16-14-9-4-3-7-12(14)13-8-5-6-10-15(13)17-16/h7,13-16H,1,3-6,8-10H2,2H3/t13-,14-,15+,16-/m1/s1. The number of allylic oxidation sites excluding steroid dienone is 1. The zero-order valence-corrected chi connectivity index (χ0v) is 11.0. The molecule has 0 spiro atoms. The van der Waals surface area contributed by atoms with Crippen LogP contribution in [0.5, 0.6) is 0 Å². The zero-order valence-electron chi connectivity index (χ0n) is 11.0. The molecular formula is C16H24O. The molecule has 3 rings (SSSR count). The monoisotopic (exact) mass is 232 g/mol. The number of hydrogen-bond donors (Lipinski definition) is 0. The maximum atomic E-state index is 6.38. The van der Waals surface area contributed by atoms with Crippen molar-refractivity contribution < 1.29 is 4.74 Å². The van der Waals surface area contributed by atoms with Gasteiger partial charge in [0.15, 0.2) is 0 Å². The van der Waals surface area contributed by atoms with Crippen LogP contribution < -0.4 is 0 Å². The summed E-state index contributed by atoms with van der Waals surface area (Å²) in [5, 5.41) is 0. The van der Waals surface area contributed by atoms with E-state index in [0.717, 1.165) is 5.92 Å². The van der Waals surface area contributed by atoms with E-state index in [1.165, 1.54) is 50.5 Å². The lowest BCUT2D eigenvalue weighted by Gasteiger charge is -2.47. The molecule has 94 valence electrons. The summed E-state index contributed by atoms with van der Waals surface area (Å²) in [7, 11) is 0. The van der Waals surface area contributed by atoms with Gasteiger partial charge in [-0.2, -0.15) is 0 Å². The van der Waals surface area contributed by atoms with E-state index < -0.39 is 0 Å². The van der Waals surface area contributed by atoms with Crippen LogP contribution in [0.25, 0.3) is 0 Å². The summed E-state index contributed by atoms with van der Waals surface area (Å²) in [5.74, 6) is 1.39. The Labute approximate surface area is 105 Å². The zero-order chi connectivity index (χ0) is 11.8. The molecule has 0 aromatic rings. The van der Waals surface area contributed by atoms with Crippen LogP contribution in [0.4, 0.5) is 0 Å². The lowest BCUT2D eigenvalue weighted by atomic mass is 9.68. The second-order valence-electron chi connectivity index (χ2n) is 6.07. The molecule has 1 saturated carbocycles. The van der Waals surface area contributed by atoms with Crippen LogP contribution in [0.2, 0.25) is 0 Å². The average Bonchev–Trinajstić information content (AvgIpc) is 2.37. The van der Waals surface area contributed by atoms with E-state index in [1.54, 1.807) is 5.57 Å². The van der Waals surface area contributed by atoms with Crippen LogP contribution in [0.15, 0.2) is 23.8 Å². The van der Waals surface area contributed by atoms with Crippen molar-refractivity contribution in [3.63, 3.8) is 0 Å². The Morgan fingerprint density at radius 1 is 1.18 bits per heavy atom. The molecule has 1 heterocycles. The normalized spacial score (nSPS) is 41.1. The molecule has 4 atom stereocenters. The Balaban J connectivity index is 1.90. The van der Waals surface area contributed by atoms with E-state index in [-0.39, 0.29) is 0 Å². The van der Waals surface area contributed by atoms with Gasteiger partial charge in [-0.25, -0.2) is 0 Å². The molecule has 1 saturated heterocycles. The summed E-state index contributed by atoms with van der Waals surface area (Å²) >= 11 is 0. The molecule has 1 aliphatic heterocycles. The Kier molecular flexibility index (Phi) is 3.12. The van der Waals surface area contributed by atoms with Crippen LogP contribution in [-0.2, 0) is 4.74 Å². The summed E-state index contributed by atoms with van der Waals surface area (Å²) in [5.41, 5.74) is 2.96. The van der Waals surface area contributed by atoms with Crippen molar-refractivity contribution >= 4 is 0 Å². The van der Waals surface area contributed by atoms with Gasteiger partial charge in [0.1, 0.15) is 0 Å². The van der Waals surface area contributed by atoms with Gasteiger partial charge >= 0.3 is 0 Å². The van der Waals surface area contributed by atoms with E-state index >= 15 is 0 Å². The lowest BCUT2D eigenvalue weighted by molar-refractivity contribution is -0.0871. The van der Waals surface area contributed by atoms with Crippen LogP contribution >= 0.6 is 0 Å². The van der Waals surface area contributed by atoms with Gasteiger partial charge < -0.3 is 4.74 Å². The maximum Gasteiger partial charge on any atom is 0.0849 e. The number of fused-ring (bicyclic) bond motifs is 3. The molecule has 0 aromatic heterocycles. The van der Waals surface area contributed by atoms with Crippen LogP contribution in [0.3, 0.4) is 0 Å². The van der Waals surface area contributed by atoms with Crippen LogP contribution in [-0.4, -0.2) is 12.2 Å². The molecule has 17 heavy (non-hydrogen) atoms. The fourth-order valence-corrected chi connectivity index (χ4v) is 4.06. The predicted octanol–water partition coefficient (Wildman–Crippen LogP) is 4.25. The third-order valence-corrected chi connectivity index (χ3v) is 4.83. The second kappa shape index (κ2) is 4.61. The van der Waals surface area contributed by atoms with Crippen molar-refractivity contribution in [2.24, 2.45) is 11.8 Å². The summed E-state index contributed by atoms with van der Waals surface area (Å²) in [6.45, 7) is 6.29. The number of ether oxygens (including phenoxy) is 1. The average molecular weight is 232 g/mol. The molecule has 3 aliphatic rings. The van der Waals surface area contributed by atoms with Gasteiger partial charge in [0.25, 0.3) is 0 Å². The Morgan fingerprint density at radius 2 is 1.94 bits per heavy atom. The van der Waals surface area contributed by atoms with Crippen molar-refractivity contribution in [2.75, 3.05) is 0 Å². The molecule has 0 aromatic carbocycles. The van der Waals surface area contributed by atoms with E-state index in [1.807, 2.05) is 0 Å². The summed E-state index contributed by atoms with van der Waals surface area (Å²) in [6.07, 6.45) is 12.6. The first-order valence-corrected chi connectivity index (χ1v) is 7.28. The summed E-state index contributed by atoms with van der Waals surface area (Å²) < 4.78 is 6.38. The quantitative estimate of drug-likeness (QED) is 0.614. The molecule has 2 fully saturated rings. The van der Waals surface area contributed by atoms with Crippen molar-refractivity contribution in [3.8, 4) is 0 Å². The minimum absolute atomic E-state index is 0.306. The van der Waals surface area contributed by atoms with Crippen molar-refractivity contribution in [1.82, 2.24) is 0 Å². The van der Waals surface area contributed by atoms with E-state index in [2.05, 4.69) is 19.6 Å². The Morgan fingerprint density at radius 3 is 2.76 bits per heavy atom. The maximum absolute atomic E-state index is 6.38. The molecule has 0 bridgehead atoms. The van der Waals surface area contributed by atoms with Crippen molar-refractivity contribution in [1.29, 1.82) is 0 Å². The number of rotatable bonds is 1. The third kappa shape index (κ3) is 1.99. The second-order valence-corrected chi connectivity index (χ2v) is 6.07. The van der Waals surface area contributed by atoms with Gasteiger partial charge in [-0.15, -0.1) is 0 Å². The molecule has 1 nitrogen and oxygen atoms in total. The molecule has 1 heteroatoms. The van der Waals surface area contributed by atoms with Gasteiger partial charge in [-0.1, -0.05) is 36.6 Å². The van der Waals surface area contributed by atoms with Crippen molar-refractivity contribution in [2.45, 2.75) is 64.1 Å². The SMILES string of the molecule is C=C(C)[C@H]1O[C@H]2CCCC[C@@H]2C2=CCCC[C@H]21. The van der Waals surface area contributed by atoms with Gasteiger partial charge in [-0.05, 0) is 39.0 Å². The van der Waals surface area contributed by atoms with E-state index in [9.17, 15) is 0 Å². The van der Waals surface area contributed by atoms with Crippen LogP contribution in [0, 0.1) is 11.8 Å². The van der Waals surface area contributed by atoms with E-state index in [4.69, 9.17) is 4.74 Å². The molecule has 2 aliphatic carbocycles. The molecule has 0 unspecified atom stereocenters. The van der Waals surface area contributed by atoms with Gasteiger partial charge in [0.05, 0.1) is 12.2 Å². The summed E-state index contributed by atoms with van der Waals surface area (Å²) in [6, 6.07) is 0. The minimum Gasteiger partial charge on any atom is -0.369 e. The van der Waals surface area contributed by atoms with Gasteiger partial charge in [-0.3, -0.25) is 0 Å². The molecule has 0 radical (unpaired) electrons. The predicted molar refractivity (Wildman–Crippen MR) is 70.9 cm³/mol. The molecular weight excluding hydrogens is 208 g/mol. The first kappa shape index (κ1) is 11.5. The highest BCUT2D eigenvalue weighted by atomic mass is 16.5. The lowest BCUT2D eigenvalue weighted by Crippen LogP contribution is -2.45.